The Morgan fingerprint density at radius 2 is 1.86 bits per heavy atom. The van der Waals surface area contributed by atoms with Crippen LogP contribution in [0.25, 0.3) is 11.3 Å². The van der Waals surface area contributed by atoms with Crippen LogP contribution in [0.2, 0.25) is 0 Å². The summed E-state index contributed by atoms with van der Waals surface area (Å²) in [5.41, 5.74) is 4.06. The molecule has 110 valence electrons. The molecule has 3 heteroatoms. The third-order valence-electron chi connectivity index (χ3n) is 4.04. The Bertz CT molecular complexity index is 666. The van der Waals surface area contributed by atoms with Gasteiger partial charge in [-0.1, -0.05) is 44.2 Å². The number of aromatic amines is 1. The van der Waals surface area contributed by atoms with Crippen LogP contribution >= 0.6 is 0 Å². The summed E-state index contributed by atoms with van der Waals surface area (Å²) in [6.45, 7) is 5.02. The van der Waals surface area contributed by atoms with E-state index in [1.54, 1.807) is 0 Å². The standard InChI is InChI=1S/C18H22N2O/c1-12(2)13-3-5-14(6-4-13)17-10-7-15(18(21)20-17)11-19-16-8-9-16/h3-7,10,12,16,19H,8-9,11H2,1-2H3,(H,20,21). The molecular weight excluding hydrogens is 260 g/mol. The minimum Gasteiger partial charge on any atom is -0.322 e. The molecule has 1 aliphatic rings. The van der Waals surface area contributed by atoms with E-state index in [9.17, 15) is 4.79 Å². The third kappa shape index (κ3) is 3.42. The first-order valence-electron chi connectivity index (χ1n) is 7.69. The zero-order chi connectivity index (χ0) is 14.8. The van der Waals surface area contributed by atoms with Gasteiger partial charge in [0.15, 0.2) is 0 Å². The topological polar surface area (TPSA) is 44.9 Å². The summed E-state index contributed by atoms with van der Waals surface area (Å²) in [6, 6.07) is 12.9. The molecule has 3 nitrogen and oxygen atoms in total. The number of pyridine rings is 1. The van der Waals surface area contributed by atoms with Crippen LogP contribution in [0.1, 0.15) is 43.7 Å². The first kappa shape index (κ1) is 14.1. The molecule has 0 amide bonds. The number of rotatable bonds is 5. The highest BCUT2D eigenvalue weighted by atomic mass is 16.1. The minimum atomic E-state index is 0.00795. The SMILES string of the molecule is CC(C)c1ccc(-c2ccc(CNC3CC3)c(=O)[nH]2)cc1. The second-order valence-corrected chi connectivity index (χ2v) is 6.16. The van der Waals surface area contributed by atoms with Crippen LogP contribution in [0, 0.1) is 0 Å². The molecule has 1 aromatic carbocycles. The van der Waals surface area contributed by atoms with Crippen molar-refractivity contribution in [2.45, 2.75) is 45.2 Å². The minimum absolute atomic E-state index is 0.00795. The number of hydrogen-bond acceptors (Lipinski definition) is 2. The molecule has 2 aromatic rings. The van der Waals surface area contributed by atoms with Crippen LogP contribution in [0.15, 0.2) is 41.2 Å². The zero-order valence-electron chi connectivity index (χ0n) is 12.6. The van der Waals surface area contributed by atoms with Crippen LogP contribution in [0.4, 0.5) is 0 Å². The monoisotopic (exact) mass is 282 g/mol. The van der Waals surface area contributed by atoms with E-state index in [-0.39, 0.29) is 5.56 Å². The molecule has 0 atom stereocenters. The summed E-state index contributed by atoms with van der Waals surface area (Å²) >= 11 is 0. The van der Waals surface area contributed by atoms with Crippen molar-refractivity contribution >= 4 is 0 Å². The highest BCUT2D eigenvalue weighted by Gasteiger charge is 2.20. The molecule has 0 bridgehead atoms. The quantitative estimate of drug-likeness (QED) is 0.882. The van der Waals surface area contributed by atoms with E-state index in [2.05, 4.69) is 48.4 Å². The van der Waals surface area contributed by atoms with E-state index in [0.29, 0.717) is 18.5 Å². The Kier molecular flexibility index (Phi) is 3.93. The van der Waals surface area contributed by atoms with Crippen molar-refractivity contribution in [3.8, 4) is 11.3 Å². The molecule has 0 aliphatic heterocycles. The van der Waals surface area contributed by atoms with Crippen molar-refractivity contribution in [3.63, 3.8) is 0 Å². The van der Waals surface area contributed by atoms with Crippen molar-refractivity contribution in [1.29, 1.82) is 0 Å². The Balaban J connectivity index is 1.78. The van der Waals surface area contributed by atoms with E-state index >= 15 is 0 Å². The lowest BCUT2D eigenvalue weighted by Crippen LogP contribution is -2.22. The normalized spacial score (nSPS) is 14.6. The van der Waals surface area contributed by atoms with Gasteiger partial charge in [0.05, 0.1) is 0 Å². The molecule has 0 unspecified atom stereocenters. The van der Waals surface area contributed by atoms with Crippen LogP contribution in [-0.2, 0) is 6.54 Å². The van der Waals surface area contributed by atoms with Gasteiger partial charge >= 0.3 is 0 Å². The lowest BCUT2D eigenvalue weighted by Gasteiger charge is -2.08. The molecule has 1 saturated carbocycles. The fourth-order valence-electron chi connectivity index (χ4n) is 2.40. The van der Waals surface area contributed by atoms with Crippen molar-refractivity contribution in [3.05, 3.63) is 57.9 Å². The van der Waals surface area contributed by atoms with Gasteiger partial charge in [0.1, 0.15) is 0 Å². The molecule has 3 rings (SSSR count). The van der Waals surface area contributed by atoms with Crippen LogP contribution in [0.3, 0.4) is 0 Å². The smallest absolute Gasteiger partial charge is 0.252 e. The zero-order valence-corrected chi connectivity index (χ0v) is 12.6. The van der Waals surface area contributed by atoms with Gasteiger partial charge < -0.3 is 10.3 Å². The summed E-state index contributed by atoms with van der Waals surface area (Å²) in [5.74, 6) is 0.522. The van der Waals surface area contributed by atoms with Crippen molar-refractivity contribution in [2.24, 2.45) is 0 Å². The second-order valence-electron chi connectivity index (χ2n) is 6.16. The van der Waals surface area contributed by atoms with Gasteiger partial charge in [0, 0.05) is 23.8 Å². The summed E-state index contributed by atoms with van der Waals surface area (Å²) in [6.07, 6.45) is 2.47. The Hall–Kier alpha value is -1.87. The van der Waals surface area contributed by atoms with Gasteiger partial charge in [0.25, 0.3) is 5.56 Å². The van der Waals surface area contributed by atoms with Crippen molar-refractivity contribution in [1.82, 2.24) is 10.3 Å². The average molecular weight is 282 g/mol. The predicted molar refractivity (Wildman–Crippen MR) is 86.4 cm³/mol. The molecular formula is C18H22N2O. The van der Waals surface area contributed by atoms with Crippen molar-refractivity contribution in [2.75, 3.05) is 0 Å². The number of nitrogens with one attached hydrogen (secondary N) is 2. The van der Waals surface area contributed by atoms with Gasteiger partial charge in [-0.05, 0) is 36.0 Å². The van der Waals surface area contributed by atoms with Crippen LogP contribution < -0.4 is 10.9 Å². The highest BCUT2D eigenvalue weighted by Crippen LogP contribution is 2.21. The Labute approximate surface area is 125 Å². The van der Waals surface area contributed by atoms with Crippen LogP contribution in [0.5, 0.6) is 0 Å². The molecule has 1 aromatic heterocycles. The van der Waals surface area contributed by atoms with Gasteiger partial charge in [-0.15, -0.1) is 0 Å². The number of hydrogen-bond donors (Lipinski definition) is 2. The largest absolute Gasteiger partial charge is 0.322 e. The molecule has 1 fully saturated rings. The molecule has 21 heavy (non-hydrogen) atoms. The maximum atomic E-state index is 12.1. The molecule has 0 radical (unpaired) electrons. The number of H-pyrrole nitrogens is 1. The summed E-state index contributed by atoms with van der Waals surface area (Å²) < 4.78 is 0. The summed E-state index contributed by atoms with van der Waals surface area (Å²) in [5, 5.41) is 3.37. The summed E-state index contributed by atoms with van der Waals surface area (Å²) in [7, 11) is 0. The first-order chi connectivity index (χ1) is 10.1. The number of aromatic nitrogens is 1. The van der Waals surface area contributed by atoms with Gasteiger partial charge in [0.2, 0.25) is 0 Å². The molecule has 1 aliphatic carbocycles. The highest BCUT2D eigenvalue weighted by molar-refractivity contribution is 5.59. The third-order valence-corrected chi connectivity index (χ3v) is 4.04. The Morgan fingerprint density at radius 1 is 1.14 bits per heavy atom. The van der Waals surface area contributed by atoms with Crippen LogP contribution in [-0.4, -0.2) is 11.0 Å². The lowest BCUT2D eigenvalue weighted by molar-refractivity contribution is 0.682. The van der Waals surface area contributed by atoms with Gasteiger partial charge in [-0.25, -0.2) is 0 Å². The van der Waals surface area contributed by atoms with E-state index in [1.807, 2.05) is 12.1 Å². The maximum Gasteiger partial charge on any atom is 0.252 e. The maximum absolute atomic E-state index is 12.1. The first-order valence-corrected chi connectivity index (χ1v) is 7.69. The fraction of sp³-hybridized carbons (Fsp3) is 0.389. The van der Waals surface area contributed by atoms with E-state index in [4.69, 9.17) is 0 Å². The molecule has 1 heterocycles. The molecule has 2 N–H and O–H groups in total. The molecule has 0 spiro atoms. The Morgan fingerprint density at radius 3 is 2.43 bits per heavy atom. The fourth-order valence-corrected chi connectivity index (χ4v) is 2.40. The van der Waals surface area contributed by atoms with E-state index in [0.717, 1.165) is 16.8 Å². The van der Waals surface area contributed by atoms with Crippen molar-refractivity contribution < 1.29 is 0 Å². The average Bonchev–Trinajstić information content (AvgIpc) is 3.30. The lowest BCUT2D eigenvalue weighted by atomic mass is 10.0. The summed E-state index contributed by atoms with van der Waals surface area (Å²) in [4.78, 5) is 15.1. The second kappa shape index (κ2) is 5.86. The van der Waals surface area contributed by atoms with Gasteiger partial charge in [-0.3, -0.25) is 4.79 Å². The van der Waals surface area contributed by atoms with Gasteiger partial charge in [-0.2, -0.15) is 0 Å². The van der Waals surface area contributed by atoms with E-state index in [1.165, 1.54) is 18.4 Å². The predicted octanol–water partition coefficient (Wildman–Crippen LogP) is 3.42. The molecule has 0 saturated heterocycles. The van der Waals surface area contributed by atoms with E-state index < -0.39 is 0 Å². The number of benzene rings is 1.